The quantitative estimate of drug-likeness (QED) is 0.133. The number of rotatable bonds is 10. The Hall–Kier alpha value is -5.48. The summed E-state index contributed by atoms with van der Waals surface area (Å²) in [6, 6.07) is 15.9. The van der Waals surface area contributed by atoms with Crippen molar-refractivity contribution in [3.8, 4) is 22.6 Å². The minimum atomic E-state index is -0.376. The molecule has 0 radical (unpaired) electrons. The van der Waals surface area contributed by atoms with E-state index in [0.29, 0.717) is 62.9 Å². The first-order chi connectivity index (χ1) is 36.2. The molecule has 23 heteroatoms. The van der Waals surface area contributed by atoms with Crippen LogP contribution < -0.4 is 40.9 Å². The van der Waals surface area contributed by atoms with E-state index in [1.807, 2.05) is 64.9 Å². The molecule has 19 nitrogen and oxygen atoms in total. The number of anilines is 3. The van der Waals surface area contributed by atoms with Crippen LogP contribution in [-0.4, -0.2) is 115 Å². The van der Waals surface area contributed by atoms with Gasteiger partial charge in [-0.25, -0.2) is 5.10 Å². The Morgan fingerprint density at radius 3 is 1.72 bits per heavy atom. The fraction of sp³-hybridized carbons (Fsp3) is 0.481. The molecular formula is C52H61BrCl3N11O8. The third-order valence-corrected chi connectivity index (χ3v) is 15.6. The normalized spacial score (nSPS) is 21.6. The zero-order valence-corrected chi connectivity index (χ0v) is 45.9. The smallest absolute Gasteiger partial charge is 0.290 e. The van der Waals surface area contributed by atoms with E-state index in [-0.39, 0.29) is 62.5 Å². The van der Waals surface area contributed by atoms with Crippen molar-refractivity contribution < 1.29 is 24.1 Å². The number of nitrogens with one attached hydrogen (secondary N) is 1. The molecule has 5 fully saturated rings. The van der Waals surface area contributed by atoms with Gasteiger partial charge in [0.2, 0.25) is 0 Å². The van der Waals surface area contributed by atoms with Gasteiger partial charge >= 0.3 is 0 Å². The molecule has 2 aromatic carbocycles. The average molecular weight is 1150 g/mol. The first kappa shape index (κ1) is 54.3. The van der Waals surface area contributed by atoms with E-state index < -0.39 is 0 Å². The van der Waals surface area contributed by atoms with E-state index in [4.69, 9.17) is 53.8 Å². The van der Waals surface area contributed by atoms with Crippen molar-refractivity contribution in [2.24, 2.45) is 7.05 Å². The highest BCUT2D eigenvalue weighted by atomic mass is 79.9. The number of hydrogen-bond donors (Lipinski definition) is 2. The van der Waals surface area contributed by atoms with Crippen molar-refractivity contribution in [3.63, 3.8) is 0 Å². The number of aromatic nitrogens is 8. The number of β-amino-alcohol motifs (C(OH)–C–C–N with tert-alkyl or cyclic N) is 1. The first-order valence-corrected chi connectivity index (χ1v) is 27.3. The second-order valence-electron chi connectivity index (χ2n) is 19.2. The summed E-state index contributed by atoms with van der Waals surface area (Å²) < 4.78 is 29.1. The van der Waals surface area contributed by atoms with Crippen LogP contribution in [0.1, 0.15) is 81.6 Å². The number of H-pyrrole nitrogens is 1. The molecule has 4 aromatic heterocycles. The predicted octanol–water partition coefficient (Wildman–Crippen LogP) is 8.28. The van der Waals surface area contributed by atoms with Crippen molar-refractivity contribution in [1.29, 1.82) is 0 Å². The molecule has 11 rings (SSSR count). The molecule has 6 aromatic rings. The largest absolute Gasteiger partial charge is 0.488 e. The molecule has 5 saturated heterocycles. The lowest BCUT2D eigenvalue weighted by molar-refractivity contribution is -0.0425. The molecule has 5 aliphatic rings. The van der Waals surface area contributed by atoms with Crippen LogP contribution in [0.3, 0.4) is 0 Å². The summed E-state index contributed by atoms with van der Waals surface area (Å²) in [5.41, 5.74) is 5.27. The van der Waals surface area contributed by atoms with Crippen LogP contribution in [0, 0.1) is 13.8 Å². The van der Waals surface area contributed by atoms with Gasteiger partial charge in [0, 0.05) is 75.0 Å². The Labute approximate surface area is 457 Å². The molecule has 0 spiro atoms. The maximum absolute atomic E-state index is 12.7. The van der Waals surface area contributed by atoms with Gasteiger partial charge in [0.15, 0.2) is 12.5 Å². The number of halogens is 4. The summed E-state index contributed by atoms with van der Waals surface area (Å²) >= 11 is 22.2. The van der Waals surface area contributed by atoms with Crippen LogP contribution in [0.4, 0.5) is 17.1 Å². The minimum Gasteiger partial charge on any atom is -0.488 e. The number of nitrogens with zero attached hydrogens (tertiary/aromatic N) is 10. The SMILES string of the molecule is Cc1nn(C)c(C)c1-c1cccc(O[C@@H]2CCN(c3cn[nH]c(=O)c3Cl)C2)c1.O=c1c(Cl)c(N2CC[C@@H](O)C2)cnn1C1CCCCO1.O=c1c(Cl)c(N2CC[C@@H](Oc3cccc(Br)c3)C2)cnn1C1CCCCO1. The Morgan fingerprint density at radius 1 is 0.680 bits per heavy atom. The highest BCUT2D eigenvalue weighted by Gasteiger charge is 2.31. The molecule has 0 amide bonds. The zero-order chi connectivity index (χ0) is 52.8. The van der Waals surface area contributed by atoms with Gasteiger partial charge in [-0.15, -0.1) is 0 Å². The molecule has 0 bridgehead atoms. The summed E-state index contributed by atoms with van der Waals surface area (Å²) in [7, 11) is 1.95. The lowest BCUT2D eigenvalue weighted by Crippen LogP contribution is -2.33. The van der Waals surface area contributed by atoms with E-state index in [1.165, 1.54) is 9.36 Å². The second kappa shape index (κ2) is 24.7. The van der Waals surface area contributed by atoms with Crippen LogP contribution in [0.5, 0.6) is 11.5 Å². The second-order valence-corrected chi connectivity index (χ2v) is 21.3. The topological polar surface area (TPSA) is 200 Å². The molecular weight excluding hydrogens is 1090 g/mol. The summed E-state index contributed by atoms with van der Waals surface area (Å²) in [6.07, 6.45) is 12.0. The van der Waals surface area contributed by atoms with E-state index >= 15 is 0 Å². The average Bonchev–Trinajstić information content (AvgIpc) is 4.23. The molecule has 0 aliphatic carbocycles. The third-order valence-electron chi connectivity index (χ3n) is 14.0. The maximum atomic E-state index is 12.7. The minimum absolute atomic E-state index is 0.0155. The van der Waals surface area contributed by atoms with Crippen molar-refractivity contribution >= 4 is 67.8 Å². The number of hydrogen-bond acceptors (Lipinski definition) is 15. The first-order valence-electron chi connectivity index (χ1n) is 25.4. The van der Waals surface area contributed by atoms with Gasteiger partial charge in [0.05, 0.1) is 60.5 Å². The number of aliphatic hydroxyl groups excluding tert-OH is 1. The lowest BCUT2D eigenvalue weighted by Gasteiger charge is -2.25. The van der Waals surface area contributed by atoms with E-state index in [9.17, 15) is 19.5 Å². The maximum Gasteiger partial charge on any atom is 0.290 e. The van der Waals surface area contributed by atoms with Crippen LogP contribution in [0.2, 0.25) is 15.1 Å². The van der Waals surface area contributed by atoms with Gasteiger partial charge in [-0.3, -0.25) is 19.1 Å². The van der Waals surface area contributed by atoms with Crippen molar-refractivity contribution in [2.45, 2.75) is 102 Å². The third kappa shape index (κ3) is 12.9. The summed E-state index contributed by atoms with van der Waals surface area (Å²) in [5.74, 6) is 1.65. The number of ether oxygens (including phenoxy) is 4. The van der Waals surface area contributed by atoms with Gasteiger partial charge < -0.3 is 38.8 Å². The number of aromatic amines is 1. The molecule has 0 saturated carbocycles. The fourth-order valence-electron chi connectivity index (χ4n) is 10.0. The van der Waals surface area contributed by atoms with Gasteiger partial charge in [0.25, 0.3) is 16.7 Å². The molecule has 2 unspecified atom stereocenters. The molecule has 75 heavy (non-hydrogen) atoms. The van der Waals surface area contributed by atoms with Crippen molar-refractivity contribution in [1.82, 2.24) is 39.5 Å². The van der Waals surface area contributed by atoms with Gasteiger partial charge in [0.1, 0.15) is 38.8 Å². The zero-order valence-electron chi connectivity index (χ0n) is 42.0. The van der Waals surface area contributed by atoms with Crippen molar-refractivity contribution in [2.75, 3.05) is 67.2 Å². The number of aryl methyl sites for hydroxylation is 2. The lowest BCUT2D eigenvalue weighted by atomic mass is 10.0. The van der Waals surface area contributed by atoms with Crippen LogP contribution >= 0.6 is 50.7 Å². The van der Waals surface area contributed by atoms with E-state index in [0.717, 1.165) is 103 Å². The Bertz CT molecular complexity index is 3130. The molecule has 2 N–H and O–H groups in total. The van der Waals surface area contributed by atoms with Gasteiger partial charge in [-0.05, 0) is 94.7 Å². The van der Waals surface area contributed by atoms with Crippen LogP contribution in [-0.2, 0) is 16.5 Å². The number of benzene rings is 2. The predicted molar refractivity (Wildman–Crippen MR) is 292 cm³/mol. The summed E-state index contributed by atoms with van der Waals surface area (Å²) in [5, 5.41) is 29.3. The monoisotopic (exact) mass is 1150 g/mol. The number of aliphatic hydroxyl groups is 1. The Morgan fingerprint density at radius 2 is 1.21 bits per heavy atom. The van der Waals surface area contributed by atoms with Crippen molar-refractivity contribution in [3.05, 3.63) is 129 Å². The highest BCUT2D eigenvalue weighted by Crippen LogP contribution is 2.33. The van der Waals surface area contributed by atoms with Crippen LogP contribution in [0.15, 0.2) is 86.0 Å². The van der Waals surface area contributed by atoms with Crippen LogP contribution in [0.25, 0.3) is 11.1 Å². The molecule has 9 heterocycles. The summed E-state index contributed by atoms with van der Waals surface area (Å²) in [6.45, 7) is 9.41. The standard InChI is InChI=1S/C20H22ClN5O2.C19H21BrClN3O3.C13H18ClN3O3/c1-12-18(13(2)25(3)24-12)14-5-4-6-15(9-14)28-16-7-8-26(11-16)17-10-22-23-20(27)19(17)21;20-13-4-3-5-14(10-13)27-15-7-8-23(12-15)16-11-22-24(19(25)18(16)21)17-6-1-2-9-26-17;14-12-10(16-5-4-9(18)8-16)7-15-17(13(12)19)11-3-1-2-6-20-11/h4-6,9-10,16H,7-8,11H2,1-3H3,(H,23,27);3-5,10-11,15,17H,1-2,6-9,12H2;7,9,11,18H,1-6,8H2/t16-;15-,17?;9-,11?/m111/s1. The Balaban J connectivity index is 0.000000140. The molecule has 5 aliphatic heterocycles. The van der Waals surface area contributed by atoms with Gasteiger partial charge in [-0.2, -0.15) is 29.8 Å². The van der Waals surface area contributed by atoms with E-state index in [2.05, 4.69) is 65.4 Å². The molecule has 5 atom stereocenters. The summed E-state index contributed by atoms with van der Waals surface area (Å²) in [4.78, 5) is 42.7. The highest BCUT2D eigenvalue weighted by molar-refractivity contribution is 9.10. The fourth-order valence-corrected chi connectivity index (χ4v) is 11.1. The molecule has 400 valence electrons. The van der Waals surface area contributed by atoms with Gasteiger partial charge in [-0.1, -0.05) is 68.9 Å². The van der Waals surface area contributed by atoms with E-state index in [1.54, 1.807) is 18.6 Å². The Kier molecular flexibility index (Phi) is 17.9.